The van der Waals surface area contributed by atoms with Crippen LogP contribution >= 0.6 is 0 Å². The first-order valence-corrected chi connectivity index (χ1v) is 9.43. The molecule has 0 radical (unpaired) electrons. The van der Waals surface area contributed by atoms with Gasteiger partial charge in [-0.15, -0.1) is 0 Å². The van der Waals surface area contributed by atoms with E-state index >= 15 is 0 Å². The number of nitrogens with one attached hydrogen (secondary N) is 2. The fraction of sp³-hybridized carbons (Fsp3) is 0.944. The summed E-state index contributed by atoms with van der Waals surface area (Å²) in [7, 11) is 0. The molecule has 2 amide bonds. The van der Waals surface area contributed by atoms with Crippen molar-refractivity contribution in [1.29, 1.82) is 0 Å². The Balaban J connectivity index is 1.68. The number of urea groups is 1. The Labute approximate surface area is 136 Å². The number of hydrogen-bond donors (Lipinski definition) is 2. The van der Waals surface area contributed by atoms with Crippen LogP contribution in [0.15, 0.2) is 0 Å². The number of rotatable bonds is 5. The third-order valence-electron chi connectivity index (χ3n) is 5.15. The molecule has 1 saturated heterocycles. The van der Waals surface area contributed by atoms with Gasteiger partial charge in [-0.25, -0.2) is 4.79 Å². The third kappa shape index (κ3) is 6.15. The van der Waals surface area contributed by atoms with Gasteiger partial charge in [0.05, 0.1) is 0 Å². The van der Waals surface area contributed by atoms with Gasteiger partial charge < -0.3 is 15.5 Å². The highest BCUT2D eigenvalue weighted by Crippen LogP contribution is 2.27. The average molecular weight is 309 g/mol. The van der Waals surface area contributed by atoms with E-state index in [4.69, 9.17) is 0 Å². The second kappa shape index (κ2) is 9.39. The average Bonchev–Trinajstić information content (AvgIpc) is 2.76. The lowest BCUT2D eigenvalue weighted by molar-refractivity contribution is 0.109. The summed E-state index contributed by atoms with van der Waals surface area (Å²) in [4.78, 5) is 14.4. The number of carbonyl (C=O) groups is 1. The molecule has 0 aromatic carbocycles. The van der Waals surface area contributed by atoms with Gasteiger partial charge in [-0.3, -0.25) is 0 Å². The Hall–Kier alpha value is -0.770. The van der Waals surface area contributed by atoms with Crippen LogP contribution in [0.3, 0.4) is 0 Å². The van der Waals surface area contributed by atoms with Crippen LogP contribution in [0.1, 0.15) is 71.6 Å². The van der Waals surface area contributed by atoms with Gasteiger partial charge in [0.15, 0.2) is 0 Å². The van der Waals surface area contributed by atoms with Gasteiger partial charge in [0.1, 0.15) is 0 Å². The van der Waals surface area contributed by atoms with Crippen LogP contribution in [0.4, 0.5) is 4.79 Å². The number of amides is 2. The molecule has 1 heterocycles. The first-order valence-electron chi connectivity index (χ1n) is 9.43. The van der Waals surface area contributed by atoms with Gasteiger partial charge in [-0.1, -0.05) is 25.7 Å². The lowest BCUT2D eigenvalue weighted by Gasteiger charge is -2.38. The van der Waals surface area contributed by atoms with Crippen LogP contribution in [-0.2, 0) is 0 Å². The minimum atomic E-state index is -0.0218. The summed E-state index contributed by atoms with van der Waals surface area (Å²) in [6.07, 6.45) is 12.3. The fourth-order valence-electron chi connectivity index (χ4n) is 3.99. The summed E-state index contributed by atoms with van der Waals surface area (Å²) in [6, 6.07) is 1.02. The van der Waals surface area contributed by atoms with E-state index in [2.05, 4.69) is 15.5 Å². The smallest absolute Gasteiger partial charge is 0.314 e. The monoisotopic (exact) mass is 309 g/mol. The topological polar surface area (TPSA) is 44.4 Å². The molecule has 0 aromatic heterocycles. The predicted octanol–water partition coefficient (Wildman–Crippen LogP) is 3.52. The van der Waals surface area contributed by atoms with Gasteiger partial charge in [0.2, 0.25) is 0 Å². The van der Waals surface area contributed by atoms with Gasteiger partial charge >= 0.3 is 6.03 Å². The van der Waals surface area contributed by atoms with E-state index in [9.17, 15) is 4.79 Å². The maximum atomic E-state index is 11.6. The highest BCUT2D eigenvalue weighted by molar-refractivity contribution is 5.73. The molecule has 1 aliphatic heterocycles. The van der Waals surface area contributed by atoms with Crippen LogP contribution in [0.25, 0.3) is 0 Å². The molecule has 2 fully saturated rings. The number of piperidine rings is 1. The van der Waals surface area contributed by atoms with E-state index in [1.54, 1.807) is 0 Å². The number of nitrogens with zero attached hydrogens (tertiary/aromatic N) is 1. The van der Waals surface area contributed by atoms with E-state index in [1.807, 2.05) is 13.8 Å². The summed E-state index contributed by atoms with van der Waals surface area (Å²) in [5.74, 6) is 0.761. The number of hydrogen-bond acceptors (Lipinski definition) is 2. The maximum absolute atomic E-state index is 11.6. The Kier molecular flexibility index (Phi) is 7.50. The largest absolute Gasteiger partial charge is 0.338 e. The van der Waals surface area contributed by atoms with Gasteiger partial charge in [0.25, 0.3) is 0 Å². The molecule has 128 valence electrons. The molecule has 2 aliphatic rings. The molecule has 0 spiro atoms. The van der Waals surface area contributed by atoms with Gasteiger partial charge in [-0.2, -0.15) is 0 Å². The predicted molar refractivity (Wildman–Crippen MR) is 92.1 cm³/mol. The molecule has 4 nitrogen and oxygen atoms in total. The maximum Gasteiger partial charge on any atom is 0.314 e. The van der Waals surface area contributed by atoms with E-state index in [-0.39, 0.29) is 12.1 Å². The first kappa shape index (κ1) is 17.6. The molecule has 1 aliphatic carbocycles. The number of carbonyl (C=O) groups excluding carboxylic acids is 1. The van der Waals surface area contributed by atoms with Crippen molar-refractivity contribution in [1.82, 2.24) is 15.5 Å². The second-order valence-electron chi connectivity index (χ2n) is 7.49. The molecular formula is C18H35N3O. The van der Waals surface area contributed by atoms with Gasteiger partial charge in [0, 0.05) is 25.2 Å². The van der Waals surface area contributed by atoms with Crippen molar-refractivity contribution in [2.24, 2.45) is 5.92 Å². The summed E-state index contributed by atoms with van der Waals surface area (Å²) < 4.78 is 0. The zero-order valence-electron chi connectivity index (χ0n) is 14.6. The lowest BCUT2D eigenvalue weighted by atomic mass is 9.92. The van der Waals surface area contributed by atoms with Crippen molar-refractivity contribution in [3.05, 3.63) is 0 Å². The SMILES string of the molecule is CC(C)NC(=O)NCC[C@H]1CCCN(C2CCCCCC2)C1. The third-order valence-corrected chi connectivity index (χ3v) is 5.15. The van der Waals surface area contributed by atoms with Crippen molar-refractivity contribution in [2.75, 3.05) is 19.6 Å². The fourth-order valence-corrected chi connectivity index (χ4v) is 3.99. The molecular weight excluding hydrogens is 274 g/mol. The van der Waals surface area contributed by atoms with Crippen LogP contribution in [0.5, 0.6) is 0 Å². The number of likely N-dealkylation sites (tertiary alicyclic amines) is 1. The molecule has 0 bridgehead atoms. The van der Waals surface area contributed by atoms with Crippen molar-refractivity contribution in [3.8, 4) is 0 Å². The summed E-state index contributed by atoms with van der Waals surface area (Å²) in [5.41, 5.74) is 0. The summed E-state index contributed by atoms with van der Waals surface area (Å²) >= 11 is 0. The minimum absolute atomic E-state index is 0.0218. The molecule has 0 aromatic rings. The van der Waals surface area contributed by atoms with Crippen LogP contribution < -0.4 is 10.6 Å². The quantitative estimate of drug-likeness (QED) is 0.763. The normalized spacial score (nSPS) is 25.0. The lowest BCUT2D eigenvalue weighted by Crippen LogP contribution is -2.44. The first-order chi connectivity index (χ1) is 10.6. The molecule has 0 unspecified atom stereocenters. The zero-order chi connectivity index (χ0) is 15.8. The van der Waals surface area contributed by atoms with Crippen molar-refractivity contribution < 1.29 is 4.79 Å². The summed E-state index contributed by atoms with van der Waals surface area (Å²) in [6.45, 7) is 7.33. The Morgan fingerprint density at radius 2 is 1.82 bits per heavy atom. The summed E-state index contributed by atoms with van der Waals surface area (Å²) in [5, 5.41) is 5.88. The standard InChI is InChI=1S/C18H35N3O/c1-15(2)20-18(22)19-12-11-16-8-7-13-21(14-16)17-9-5-3-4-6-10-17/h15-17H,3-14H2,1-2H3,(H2,19,20,22)/t16-/m1/s1. The van der Waals surface area contributed by atoms with Crippen LogP contribution in [0, 0.1) is 5.92 Å². The van der Waals surface area contributed by atoms with E-state index < -0.39 is 0 Å². The van der Waals surface area contributed by atoms with Gasteiger partial charge in [-0.05, 0) is 58.4 Å². The molecule has 22 heavy (non-hydrogen) atoms. The Morgan fingerprint density at radius 1 is 1.09 bits per heavy atom. The van der Waals surface area contributed by atoms with Crippen molar-refractivity contribution in [3.63, 3.8) is 0 Å². The Bertz CT molecular complexity index is 324. The molecule has 1 atom stereocenters. The van der Waals surface area contributed by atoms with Crippen molar-refractivity contribution >= 4 is 6.03 Å². The van der Waals surface area contributed by atoms with Crippen LogP contribution in [0.2, 0.25) is 0 Å². The minimum Gasteiger partial charge on any atom is -0.338 e. The van der Waals surface area contributed by atoms with E-state index in [0.29, 0.717) is 0 Å². The molecule has 4 heteroatoms. The highest BCUT2D eigenvalue weighted by atomic mass is 16.2. The van der Waals surface area contributed by atoms with E-state index in [0.717, 1.165) is 24.9 Å². The van der Waals surface area contributed by atoms with Crippen molar-refractivity contribution in [2.45, 2.75) is 83.7 Å². The van der Waals surface area contributed by atoms with E-state index in [1.165, 1.54) is 64.5 Å². The zero-order valence-corrected chi connectivity index (χ0v) is 14.6. The van der Waals surface area contributed by atoms with Crippen LogP contribution in [-0.4, -0.2) is 42.6 Å². The Morgan fingerprint density at radius 3 is 2.50 bits per heavy atom. The highest BCUT2D eigenvalue weighted by Gasteiger charge is 2.26. The molecule has 2 N–H and O–H groups in total. The molecule has 1 saturated carbocycles. The molecule has 2 rings (SSSR count). The second-order valence-corrected chi connectivity index (χ2v) is 7.49.